The molecule has 17 heavy (non-hydrogen) atoms. The molecule has 0 aromatic carbocycles. The monoisotopic (exact) mass is 250 g/mol. The summed E-state index contributed by atoms with van der Waals surface area (Å²) in [5.41, 5.74) is 0. The van der Waals surface area contributed by atoms with Crippen molar-refractivity contribution in [1.82, 2.24) is 0 Å². The average molecular weight is 250 g/mol. The molecule has 0 aromatic rings. The highest BCUT2D eigenvalue weighted by Crippen LogP contribution is 2.27. The van der Waals surface area contributed by atoms with Crippen molar-refractivity contribution >= 4 is 0 Å². The molecule has 1 N–H and O–H groups in total. The lowest BCUT2D eigenvalue weighted by atomic mass is 9.99. The largest absolute Gasteiger partial charge is 0.394 e. The zero-order valence-corrected chi connectivity index (χ0v) is 10.8. The van der Waals surface area contributed by atoms with Crippen molar-refractivity contribution in [1.29, 1.82) is 0 Å². The first-order valence-electron chi connectivity index (χ1n) is 5.65. The van der Waals surface area contributed by atoms with Crippen LogP contribution < -0.4 is 0 Å². The van der Waals surface area contributed by atoms with Gasteiger partial charge in [-0.15, -0.1) is 0 Å². The van der Waals surface area contributed by atoms with Crippen molar-refractivity contribution in [2.24, 2.45) is 0 Å². The Balaban J connectivity index is 2.73. The Bertz CT molecular complexity index is 212. The summed E-state index contributed by atoms with van der Waals surface area (Å²) in [5.74, 6) is 0. The lowest BCUT2D eigenvalue weighted by molar-refractivity contribution is -0.306. The van der Waals surface area contributed by atoms with E-state index in [4.69, 9.17) is 28.8 Å². The molecule has 3 unspecified atom stereocenters. The van der Waals surface area contributed by atoms with Crippen molar-refractivity contribution in [3.63, 3.8) is 0 Å². The van der Waals surface area contributed by atoms with Crippen LogP contribution in [0.3, 0.4) is 0 Å². The Morgan fingerprint density at radius 3 is 2.06 bits per heavy atom. The minimum Gasteiger partial charge on any atom is -0.394 e. The van der Waals surface area contributed by atoms with E-state index in [-0.39, 0.29) is 37.6 Å². The van der Waals surface area contributed by atoms with Crippen LogP contribution >= 0.6 is 0 Å². The van der Waals surface area contributed by atoms with Gasteiger partial charge in [-0.05, 0) is 6.92 Å². The van der Waals surface area contributed by atoms with Gasteiger partial charge in [0.15, 0.2) is 6.29 Å². The van der Waals surface area contributed by atoms with Crippen molar-refractivity contribution < 1.29 is 28.8 Å². The SMILES string of the molecule is COC1C(OC)[C@@H](OC)C(C)O[C@H]1OCCO. The molecule has 1 heterocycles. The first-order valence-corrected chi connectivity index (χ1v) is 5.65. The van der Waals surface area contributed by atoms with Crippen LogP contribution in [0.25, 0.3) is 0 Å². The predicted octanol–water partition coefficient (Wildman–Crippen LogP) is -0.215. The summed E-state index contributed by atoms with van der Waals surface area (Å²) in [5, 5.41) is 8.77. The molecule has 0 amide bonds. The number of aliphatic hydroxyl groups excluding tert-OH is 1. The third-order valence-electron chi connectivity index (χ3n) is 2.92. The highest BCUT2D eigenvalue weighted by Gasteiger charge is 2.45. The van der Waals surface area contributed by atoms with E-state index in [9.17, 15) is 0 Å². The van der Waals surface area contributed by atoms with Gasteiger partial charge in [0.25, 0.3) is 0 Å². The fourth-order valence-electron chi connectivity index (χ4n) is 2.12. The standard InChI is InChI=1S/C11H22O6/c1-7-8(13-2)9(14-3)10(15-4)11(17-7)16-6-5-12/h7-12H,5-6H2,1-4H3/t7?,8-,9?,10?,11+/m0/s1. The van der Waals surface area contributed by atoms with Gasteiger partial charge < -0.3 is 28.8 Å². The highest BCUT2D eigenvalue weighted by molar-refractivity contribution is 4.90. The van der Waals surface area contributed by atoms with Crippen molar-refractivity contribution in [2.45, 2.75) is 37.6 Å². The molecular weight excluding hydrogens is 228 g/mol. The minimum absolute atomic E-state index is 0.0595. The smallest absolute Gasteiger partial charge is 0.186 e. The van der Waals surface area contributed by atoms with Crippen molar-refractivity contribution in [2.75, 3.05) is 34.5 Å². The summed E-state index contributed by atoms with van der Waals surface area (Å²) in [6.45, 7) is 2.03. The van der Waals surface area contributed by atoms with Crippen LogP contribution in [-0.2, 0) is 23.7 Å². The maximum absolute atomic E-state index is 8.77. The van der Waals surface area contributed by atoms with E-state index in [1.165, 1.54) is 0 Å². The number of hydrogen-bond donors (Lipinski definition) is 1. The second-order valence-electron chi connectivity index (χ2n) is 3.90. The first kappa shape index (κ1) is 14.8. The van der Waals surface area contributed by atoms with Crippen molar-refractivity contribution in [3.05, 3.63) is 0 Å². The topological polar surface area (TPSA) is 66.4 Å². The fraction of sp³-hybridized carbons (Fsp3) is 1.00. The van der Waals surface area contributed by atoms with E-state index in [1.54, 1.807) is 21.3 Å². The molecule has 102 valence electrons. The predicted molar refractivity (Wildman–Crippen MR) is 59.8 cm³/mol. The van der Waals surface area contributed by atoms with E-state index >= 15 is 0 Å². The highest BCUT2D eigenvalue weighted by atomic mass is 16.7. The Hall–Kier alpha value is -0.240. The molecule has 0 saturated carbocycles. The van der Waals surface area contributed by atoms with E-state index in [0.29, 0.717) is 0 Å². The maximum Gasteiger partial charge on any atom is 0.186 e. The summed E-state index contributed by atoms with van der Waals surface area (Å²) in [4.78, 5) is 0. The Kier molecular flexibility index (Phi) is 6.32. The van der Waals surface area contributed by atoms with Gasteiger partial charge in [-0.25, -0.2) is 0 Å². The molecule has 1 saturated heterocycles. The Morgan fingerprint density at radius 1 is 1.00 bits per heavy atom. The summed E-state index contributed by atoms with van der Waals surface area (Å²) >= 11 is 0. The molecule has 1 fully saturated rings. The summed E-state index contributed by atoms with van der Waals surface area (Å²) in [6.07, 6.45) is -1.58. The van der Waals surface area contributed by atoms with Gasteiger partial charge in [-0.1, -0.05) is 0 Å². The molecule has 0 bridgehead atoms. The fourth-order valence-corrected chi connectivity index (χ4v) is 2.12. The van der Waals surface area contributed by atoms with E-state index in [1.807, 2.05) is 6.92 Å². The number of ether oxygens (including phenoxy) is 5. The first-order chi connectivity index (χ1) is 8.19. The molecule has 0 spiro atoms. The lowest BCUT2D eigenvalue weighted by Crippen LogP contribution is -2.59. The summed E-state index contributed by atoms with van der Waals surface area (Å²) in [6, 6.07) is 0. The lowest BCUT2D eigenvalue weighted by Gasteiger charge is -2.43. The average Bonchev–Trinajstić information content (AvgIpc) is 2.35. The van der Waals surface area contributed by atoms with Crippen LogP contribution in [0.4, 0.5) is 0 Å². The van der Waals surface area contributed by atoms with E-state index in [2.05, 4.69) is 0 Å². The summed E-state index contributed by atoms with van der Waals surface area (Å²) < 4.78 is 27.2. The van der Waals surface area contributed by atoms with Crippen LogP contribution in [0.2, 0.25) is 0 Å². The molecular formula is C11H22O6. The second kappa shape index (κ2) is 7.25. The van der Waals surface area contributed by atoms with Gasteiger partial charge in [-0.2, -0.15) is 0 Å². The van der Waals surface area contributed by atoms with Gasteiger partial charge >= 0.3 is 0 Å². The van der Waals surface area contributed by atoms with Gasteiger partial charge in [0.1, 0.15) is 18.3 Å². The number of hydrogen-bond acceptors (Lipinski definition) is 6. The minimum atomic E-state index is -0.557. The Morgan fingerprint density at radius 2 is 1.59 bits per heavy atom. The second-order valence-corrected chi connectivity index (χ2v) is 3.90. The third-order valence-corrected chi connectivity index (χ3v) is 2.92. The van der Waals surface area contributed by atoms with Gasteiger partial charge in [0.2, 0.25) is 0 Å². The molecule has 6 heteroatoms. The number of methoxy groups -OCH3 is 3. The number of rotatable bonds is 6. The molecule has 1 aliphatic heterocycles. The molecule has 1 aliphatic rings. The van der Waals surface area contributed by atoms with Gasteiger partial charge in [0, 0.05) is 21.3 Å². The molecule has 1 rings (SSSR count). The third kappa shape index (κ3) is 3.37. The van der Waals surface area contributed by atoms with Crippen LogP contribution in [0.1, 0.15) is 6.92 Å². The van der Waals surface area contributed by atoms with Crippen LogP contribution in [-0.4, -0.2) is 70.4 Å². The van der Waals surface area contributed by atoms with Gasteiger partial charge in [0.05, 0.1) is 19.3 Å². The van der Waals surface area contributed by atoms with E-state index in [0.717, 1.165) is 0 Å². The normalized spacial score (nSPS) is 38.3. The van der Waals surface area contributed by atoms with Crippen LogP contribution in [0.15, 0.2) is 0 Å². The summed E-state index contributed by atoms with van der Waals surface area (Å²) in [7, 11) is 4.78. The van der Waals surface area contributed by atoms with E-state index < -0.39 is 6.29 Å². The molecule has 5 atom stereocenters. The van der Waals surface area contributed by atoms with Crippen LogP contribution in [0, 0.1) is 0 Å². The zero-order chi connectivity index (χ0) is 12.8. The van der Waals surface area contributed by atoms with Gasteiger partial charge in [-0.3, -0.25) is 0 Å². The molecule has 0 aromatic heterocycles. The van der Waals surface area contributed by atoms with Crippen LogP contribution in [0.5, 0.6) is 0 Å². The molecule has 0 aliphatic carbocycles. The van der Waals surface area contributed by atoms with Crippen molar-refractivity contribution in [3.8, 4) is 0 Å². The quantitative estimate of drug-likeness (QED) is 0.703. The maximum atomic E-state index is 8.77. The number of aliphatic hydroxyl groups is 1. The zero-order valence-electron chi connectivity index (χ0n) is 10.8. The molecule has 0 radical (unpaired) electrons. The Labute approximate surface area is 102 Å². The molecule has 6 nitrogen and oxygen atoms in total.